The molecule has 3 rings (SSSR count). The van der Waals surface area contributed by atoms with E-state index in [-0.39, 0.29) is 6.61 Å². The second-order valence-electron chi connectivity index (χ2n) is 4.93. The first-order chi connectivity index (χ1) is 10.7. The number of hydrogen-bond acceptors (Lipinski definition) is 5. The van der Waals surface area contributed by atoms with E-state index in [4.69, 9.17) is 9.47 Å². The number of pyridine rings is 1. The molecule has 0 radical (unpaired) electrons. The lowest BCUT2D eigenvalue weighted by Gasteiger charge is -2.20. The van der Waals surface area contributed by atoms with Crippen molar-refractivity contribution in [3.05, 3.63) is 53.2 Å². The van der Waals surface area contributed by atoms with Gasteiger partial charge >= 0.3 is 5.97 Å². The number of fused-ring (bicyclic) bond motifs is 2. The monoisotopic (exact) mass is 294 g/mol. The van der Waals surface area contributed by atoms with Crippen molar-refractivity contribution in [1.29, 1.82) is 5.26 Å². The van der Waals surface area contributed by atoms with Gasteiger partial charge in [-0.25, -0.2) is 4.98 Å². The predicted octanol–water partition coefficient (Wildman–Crippen LogP) is 2.95. The summed E-state index contributed by atoms with van der Waals surface area (Å²) >= 11 is 0. The van der Waals surface area contributed by atoms with Crippen molar-refractivity contribution < 1.29 is 14.3 Å². The lowest BCUT2D eigenvalue weighted by molar-refractivity contribution is -0.143. The van der Waals surface area contributed by atoms with Gasteiger partial charge in [-0.2, -0.15) is 5.26 Å². The van der Waals surface area contributed by atoms with Crippen molar-refractivity contribution in [2.75, 3.05) is 6.61 Å². The third-order valence-electron chi connectivity index (χ3n) is 3.51. The van der Waals surface area contributed by atoms with Gasteiger partial charge in [0.05, 0.1) is 12.7 Å². The Labute approximate surface area is 128 Å². The van der Waals surface area contributed by atoms with Gasteiger partial charge in [-0.15, -0.1) is 0 Å². The van der Waals surface area contributed by atoms with Crippen LogP contribution in [0.25, 0.3) is 0 Å². The highest BCUT2D eigenvalue weighted by atomic mass is 16.5. The highest BCUT2D eigenvalue weighted by Gasteiger charge is 2.24. The van der Waals surface area contributed by atoms with E-state index in [1.165, 1.54) is 0 Å². The van der Waals surface area contributed by atoms with E-state index >= 15 is 0 Å². The zero-order valence-corrected chi connectivity index (χ0v) is 12.1. The van der Waals surface area contributed by atoms with Crippen LogP contribution in [0.1, 0.15) is 29.5 Å². The molecule has 0 saturated carbocycles. The van der Waals surface area contributed by atoms with Crippen LogP contribution in [0.3, 0.4) is 0 Å². The highest BCUT2D eigenvalue weighted by Crippen LogP contribution is 2.36. The molecular formula is C17H14N2O3. The Morgan fingerprint density at radius 1 is 1.45 bits per heavy atom. The summed E-state index contributed by atoms with van der Waals surface area (Å²) < 4.78 is 10.7. The number of esters is 1. The zero-order valence-electron chi connectivity index (χ0n) is 12.1. The number of nitrogens with zero attached hydrogens (tertiary/aromatic N) is 2. The van der Waals surface area contributed by atoms with E-state index in [9.17, 15) is 10.1 Å². The number of benzene rings is 1. The van der Waals surface area contributed by atoms with Crippen LogP contribution >= 0.6 is 0 Å². The van der Waals surface area contributed by atoms with Gasteiger partial charge in [0.15, 0.2) is 5.92 Å². The maximum Gasteiger partial charge on any atom is 0.327 e. The van der Waals surface area contributed by atoms with E-state index in [2.05, 4.69) is 4.98 Å². The van der Waals surface area contributed by atoms with E-state index in [0.717, 1.165) is 11.1 Å². The topological polar surface area (TPSA) is 72.2 Å². The zero-order chi connectivity index (χ0) is 15.5. The molecule has 110 valence electrons. The van der Waals surface area contributed by atoms with Crippen LogP contribution in [0.5, 0.6) is 11.6 Å². The van der Waals surface area contributed by atoms with Gasteiger partial charge in [-0.1, -0.05) is 12.1 Å². The molecule has 5 nitrogen and oxygen atoms in total. The summed E-state index contributed by atoms with van der Waals surface area (Å²) in [5.41, 5.74) is 2.54. The minimum Gasteiger partial charge on any atom is -0.465 e. The van der Waals surface area contributed by atoms with Crippen molar-refractivity contribution in [2.24, 2.45) is 0 Å². The van der Waals surface area contributed by atoms with Crippen LogP contribution in [0, 0.1) is 11.3 Å². The molecule has 0 spiro atoms. The quantitative estimate of drug-likeness (QED) is 0.694. The lowest BCUT2D eigenvalue weighted by Crippen LogP contribution is -2.15. The molecule has 22 heavy (non-hydrogen) atoms. The molecule has 0 fully saturated rings. The van der Waals surface area contributed by atoms with Crippen LogP contribution < -0.4 is 4.74 Å². The van der Waals surface area contributed by atoms with Crippen molar-refractivity contribution >= 4 is 5.97 Å². The molecule has 1 aliphatic rings. The fourth-order valence-electron chi connectivity index (χ4n) is 2.47. The van der Waals surface area contributed by atoms with Gasteiger partial charge in [-0.05, 0) is 36.2 Å². The SMILES string of the molecule is CCOC(=O)C(C#N)c1ccc2c(c1)Cc1cccnc1O2. The van der Waals surface area contributed by atoms with Crippen molar-refractivity contribution in [3.8, 4) is 17.7 Å². The Morgan fingerprint density at radius 2 is 2.32 bits per heavy atom. The summed E-state index contributed by atoms with van der Waals surface area (Å²) in [6.45, 7) is 1.97. The molecule has 0 aliphatic carbocycles. The Bertz CT molecular complexity index is 765. The van der Waals surface area contributed by atoms with Gasteiger partial charge in [0, 0.05) is 18.2 Å². The smallest absolute Gasteiger partial charge is 0.327 e. The molecule has 1 atom stereocenters. The number of nitriles is 1. The van der Waals surface area contributed by atoms with Gasteiger partial charge in [-0.3, -0.25) is 4.79 Å². The number of aromatic nitrogens is 1. The highest BCUT2D eigenvalue weighted by molar-refractivity contribution is 5.81. The van der Waals surface area contributed by atoms with Crippen LogP contribution in [0.15, 0.2) is 36.5 Å². The van der Waals surface area contributed by atoms with Crippen LogP contribution in [-0.2, 0) is 16.0 Å². The molecule has 2 aromatic rings. The van der Waals surface area contributed by atoms with Crippen molar-refractivity contribution in [1.82, 2.24) is 4.98 Å². The van der Waals surface area contributed by atoms with Crippen LogP contribution in [0.4, 0.5) is 0 Å². The molecule has 2 heterocycles. The molecule has 5 heteroatoms. The molecule has 1 unspecified atom stereocenters. The van der Waals surface area contributed by atoms with E-state index in [1.807, 2.05) is 24.3 Å². The lowest BCUT2D eigenvalue weighted by atomic mass is 9.94. The third-order valence-corrected chi connectivity index (χ3v) is 3.51. The first-order valence-electron chi connectivity index (χ1n) is 7.03. The molecule has 0 amide bonds. The van der Waals surface area contributed by atoms with Gasteiger partial charge in [0.2, 0.25) is 5.88 Å². The average Bonchev–Trinajstić information content (AvgIpc) is 2.54. The molecule has 0 N–H and O–H groups in total. The molecule has 0 bridgehead atoms. The van der Waals surface area contributed by atoms with E-state index < -0.39 is 11.9 Å². The fraction of sp³-hybridized carbons (Fsp3) is 0.235. The van der Waals surface area contributed by atoms with Crippen LogP contribution in [-0.4, -0.2) is 17.6 Å². The number of rotatable bonds is 3. The first kappa shape index (κ1) is 14.1. The van der Waals surface area contributed by atoms with Gasteiger partial charge in [0.1, 0.15) is 5.75 Å². The van der Waals surface area contributed by atoms with Crippen LogP contribution in [0.2, 0.25) is 0 Å². The largest absolute Gasteiger partial charge is 0.465 e. The summed E-state index contributed by atoms with van der Waals surface area (Å²) in [7, 11) is 0. The van der Waals surface area contributed by atoms with Gasteiger partial charge in [0.25, 0.3) is 0 Å². The number of carbonyl (C=O) groups excluding carboxylic acids is 1. The summed E-state index contributed by atoms with van der Waals surface area (Å²) in [6, 6.07) is 11.1. The van der Waals surface area contributed by atoms with Crippen molar-refractivity contribution in [2.45, 2.75) is 19.3 Å². The summed E-state index contributed by atoms with van der Waals surface area (Å²) in [5, 5.41) is 9.25. The van der Waals surface area contributed by atoms with E-state index in [0.29, 0.717) is 23.6 Å². The Morgan fingerprint density at radius 3 is 3.09 bits per heavy atom. The first-order valence-corrected chi connectivity index (χ1v) is 7.03. The molecule has 0 saturated heterocycles. The predicted molar refractivity (Wildman–Crippen MR) is 78.5 cm³/mol. The number of carbonyl (C=O) groups is 1. The Balaban J connectivity index is 1.92. The van der Waals surface area contributed by atoms with E-state index in [1.54, 1.807) is 25.3 Å². The van der Waals surface area contributed by atoms with Gasteiger partial charge < -0.3 is 9.47 Å². The Kier molecular flexibility index (Phi) is 3.75. The molecule has 1 aromatic carbocycles. The normalized spacial score (nSPS) is 13.1. The summed E-state index contributed by atoms with van der Waals surface area (Å²) in [4.78, 5) is 16.1. The maximum atomic E-state index is 11.9. The number of hydrogen-bond donors (Lipinski definition) is 0. The second-order valence-corrected chi connectivity index (χ2v) is 4.93. The summed E-state index contributed by atoms with van der Waals surface area (Å²) in [6.07, 6.45) is 2.35. The minimum absolute atomic E-state index is 0.254. The molecule has 1 aliphatic heterocycles. The van der Waals surface area contributed by atoms with Crippen molar-refractivity contribution in [3.63, 3.8) is 0 Å². The summed E-state index contributed by atoms with van der Waals surface area (Å²) in [5.74, 6) is -0.134. The average molecular weight is 294 g/mol. The molecular weight excluding hydrogens is 280 g/mol. The maximum absolute atomic E-state index is 11.9. The third kappa shape index (κ3) is 2.51. The molecule has 1 aromatic heterocycles. The fourth-order valence-corrected chi connectivity index (χ4v) is 2.47. The Hall–Kier alpha value is -2.87. The minimum atomic E-state index is -0.916. The number of ether oxygens (including phenoxy) is 2. The standard InChI is InChI=1S/C17H14N2O3/c1-2-21-17(20)14(10-18)11-5-6-15-13(8-11)9-12-4-3-7-19-16(12)22-15/h3-8,14H,2,9H2,1H3. The second kappa shape index (κ2) is 5.86.